The number of carbonyl (C=O) groups excluding carboxylic acids is 2. The van der Waals surface area contributed by atoms with Crippen molar-refractivity contribution in [3.05, 3.63) is 310 Å². The van der Waals surface area contributed by atoms with E-state index in [0.717, 1.165) is 44.5 Å². The minimum absolute atomic E-state index is 0.000349. The van der Waals surface area contributed by atoms with Crippen LogP contribution in [-0.4, -0.2) is 54.4 Å². The largest absolute Gasteiger partial charge is 0.485 e. The Morgan fingerprint density at radius 2 is 0.633 bits per heavy atom. The van der Waals surface area contributed by atoms with Crippen molar-refractivity contribution in [3.8, 4) is 45.6 Å². The highest BCUT2D eigenvalue weighted by molar-refractivity contribution is 6.08. The van der Waals surface area contributed by atoms with Gasteiger partial charge in [-0.3, -0.25) is 0 Å². The molecule has 10 aromatic carbocycles. The van der Waals surface area contributed by atoms with E-state index in [0.29, 0.717) is 0 Å². The van der Waals surface area contributed by atoms with Crippen molar-refractivity contribution in [2.75, 3.05) is 6.61 Å². The normalized spacial score (nSPS) is 17.0. The smallest absolute Gasteiger partial charge is 0.339 e. The van der Waals surface area contributed by atoms with Crippen molar-refractivity contribution < 1.29 is 66.8 Å². The third kappa shape index (κ3) is 15.0. The van der Waals surface area contributed by atoms with Crippen LogP contribution >= 0.6 is 0 Å². The average molecular weight is 1200 g/mol. The highest BCUT2D eigenvalue weighted by atomic mass is 16.7. The molecule has 1 fully saturated rings. The second-order valence-electron chi connectivity index (χ2n) is 21.6. The van der Waals surface area contributed by atoms with E-state index < -0.39 is 49.3 Å². The van der Waals surface area contributed by atoms with Crippen LogP contribution in [0.25, 0.3) is 11.1 Å². The van der Waals surface area contributed by atoms with E-state index >= 15 is 9.59 Å². The molecule has 90 heavy (non-hydrogen) atoms. The number of rotatable bonds is 24. The summed E-state index contributed by atoms with van der Waals surface area (Å²) in [4.78, 5) is 32.6. The zero-order chi connectivity index (χ0) is 61.3. The summed E-state index contributed by atoms with van der Waals surface area (Å²) in [5, 5.41) is 12.2. The molecular formula is C76H66O14. The second-order valence-corrected chi connectivity index (χ2v) is 21.6. The van der Waals surface area contributed by atoms with Gasteiger partial charge in [-0.1, -0.05) is 243 Å². The molecule has 0 saturated carbocycles. The van der Waals surface area contributed by atoms with Gasteiger partial charge in [0, 0.05) is 11.1 Å². The minimum Gasteiger partial charge on any atom is -0.485 e. The Bertz CT molecular complexity index is 3920. The summed E-state index contributed by atoms with van der Waals surface area (Å²) in [6.45, 7) is -0.626. The van der Waals surface area contributed by atoms with Gasteiger partial charge in [0.15, 0.2) is 35.4 Å². The maximum absolute atomic E-state index is 16.6. The van der Waals surface area contributed by atoms with Gasteiger partial charge in [0.25, 0.3) is 0 Å². The van der Waals surface area contributed by atoms with Crippen molar-refractivity contribution in [2.45, 2.75) is 83.6 Å². The van der Waals surface area contributed by atoms with E-state index in [4.69, 9.17) is 52.1 Å². The molecule has 14 heteroatoms. The summed E-state index contributed by atoms with van der Waals surface area (Å²) in [5.74, 6) is -1.57. The lowest BCUT2D eigenvalue weighted by atomic mass is 9.91. The molecule has 2 bridgehead atoms. The molecule has 10 aromatic rings. The molecule has 3 unspecified atom stereocenters. The lowest BCUT2D eigenvalue weighted by Gasteiger charge is -2.44. The summed E-state index contributed by atoms with van der Waals surface area (Å²) in [6, 6.07) is 79.1. The first kappa shape index (κ1) is 60.1. The van der Waals surface area contributed by atoms with Gasteiger partial charge < -0.3 is 57.2 Å². The van der Waals surface area contributed by atoms with Gasteiger partial charge in [-0.15, -0.1) is 0 Å². The molecule has 12 rings (SSSR count). The quantitative estimate of drug-likeness (QED) is 0.0570. The Balaban J connectivity index is 1.14. The summed E-state index contributed by atoms with van der Waals surface area (Å²) in [6.07, 6.45) is -7.02. The minimum atomic E-state index is -1.73. The van der Waals surface area contributed by atoms with Gasteiger partial charge in [0.05, 0.1) is 24.3 Å². The Morgan fingerprint density at radius 3 is 0.978 bits per heavy atom. The van der Waals surface area contributed by atoms with Crippen molar-refractivity contribution in [2.24, 2.45) is 0 Å². The van der Waals surface area contributed by atoms with E-state index in [1.54, 1.807) is 0 Å². The molecule has 1 saturated heterocycles. The second kappa shape index (κ2) is 29.7. The fraction of sp³-hybridized carbons (Fsp3) is 0.184. The SMILES string of the molecule is O=C1OCC2O[C@@H](O)C(OCc3ccccc3)C(OC(=O)c3cc(OCc4ccccc4)c(OCc4ccccc4)c(OCc4ccccc4)c3-c3c1cc(OCc1ccccc1)c(OCc1ccccc1)c3OCc1ccccc1)[C@@H]2OCc1ccccc1. The Morgan fingerprint density at radius 1 is 0.344 bits per heavy atom. The number of esters is 2. The van der Waals surface area contributed by atoms with E-state index in [9.17, 15) is 5.11 Å². The number of ether oxygens (including phenoxy) is 11. The molecule has 5 atom stereocenters. The van der Waals surface area contributed by atoms with Crippen molar-refractivity contribution in [3.63, 3.8) is 0 Å². The van der Waals surface area contributed by atoms with Crippen molar-refractivity contribution >= 4 is 11.9 Å². The molecule has 0 amide bonds. The number of benzene rings is 10. The first-order valence-corrected chi connectivity index (χ1v) is 29.8. The van der Waals surface area contributed by atoms with Gasteiger partial charge in [0.1, 0.15) is 64.6 Å². The van der Waals surface area contributed by atoms with Crippen LogP contribution in [0.1, 0.15) is 65.2 Å². The zero-order valence-corrected chi connectivity index (χ0v) is 49.3. The van der Waals surface area contributed by atoms with Crippen LogP contribution in [0.15, 0.2) is 255 Å². The Labute approximate surface area is 522 Å². The van der Waals surface area contributed by atoms with Gasteiger partial charge in [0.2, 0.25) is 11.5 Å². The molecule has 1 N–H and O–H groups in total. The molecule has 14 nitrogen and oxygen atoms in total. The molecule has 2 aliphatic rings. The predicted octanol–water partition coefficient (Wildman–Crippen LogP) is 14.4. The summed E-state index contributed by atoms with van der Waals surface area (Å²) < 4.78 is 75.3. The molecule has 2 aliphatic heterocycles. The number of carbonyl (C=O) groups is 2. The molecule has 454 valence electrons. The van der Waals surface area contributed by atoms with Crippen molar-refractivity contribution in [1.82, 2.24) is 0 Å². The number of aliphatic hydroxyl groups excluding tert-OH is 1. The third-order valence-corrected chi connectivity index (χ3v) is 15.3. The number of aliphatic hydroxyl groups is 1. The highest BCUT2D eigenvalue weighted by Gasteiger charge is 2.51. The standard InChI is InChI=1S/C76H66O14/c77-74-60-41-62(80-43-52-25-9-1-10-26-52)67(82-45-54-29-13-3-14-30-54)70(85-48-57-35-19-6-20-36-57)65(60)66-61(42-63(81-44-53-27-11-2-12-28-53)68(83-46-55-31-15-4-16-32-55)71(66)86-49-58-37-21-7-22-38-58)75(78)90-72-69(84-47-56-33-17-5-18-34-56)64(51-88-74)89-76(79)73(72)87-50-59-39-23-8-24-40-59/h1-42,64,69,72-73,76,79H,43-51H2/t64?,69-,72?,73?,76-/m1/s1. The Kier molecular flexibility index (Phi) is 19.8. The third-order valence-electron chi connectivity index (χ3n) is 15.3. The first-order chi connectivity index (χ1) is 44.4. The molecular weight excluding hydrogens is 1140 g/mol. The monoisotopic (exact) mass is 1200 g/mol. The van der Waals surface area contributed by atoms with E-state index in [2.05, 4.69) is 0 Å². The molecule has 2 heterocycles. The summed E-state index contributed by atoms with van der Waals surface area (Å²) in [7, 11) is 0. The van der Waals surface area contributed by atoms with Gasteiger partial charge in [-0.25, -0.2) is 9.59 Å². The van der Waals surface area contributed by atoms with Crippen LogP contribution in [0, 0.1) is 0 Å². The number of hydrogen-bond donors (Lipinski definition) is 1. The van der Waals surface area contributed by atoms with Gasteiger partial charge in [-0.05, 0) is 56.6 Å². The van der Waals surface area contributed by atoms with E-state index in [1.807, 2.05) is 243 Å². The van der Waals surface area contributed by atoms with E-state index in [1.165, 1.54) is 12.1 Å². The lowest BCUT2D eigenvalue weighted by molar-refractivity contribution is -0.305. The van der Waals surface area contributed by atoms with E-state index in [-0.39, 0.29) is 110 Å². The molecule has 0 aliphatic carbocycles. The fourth-order valence-corrected chi connectivity index (χ4v) is 10.7. The zero-order valence-electron chi connectivity index (χ0n) is 49.3. The lowest BCUT2D eigenvalue weighted by Crippen LogP contribution is -2.61. The van der Waals surface area contributed by atoms with Gasteiger partial charge in [-0.2, -0.15) is 0 Å². The molecule has 0 spiro atoms. The molecule has 0 radical (unpaired) electrons. The van der Waals surface area contributed by atoms with Crippen LogP contribution in [0.2, 0.25) is 0 Å². The van der Waals surface area contributed by atoms with Crippen LogP contribution in [-0.2, 0) is 76.5 Å². The van der Waals surface area contributed by atoms with Crippen LogP contribution in [0.3, 0.4) is 0 Å². The van der Waals surface area contributed by atoms with Crippen LogP contribution in [0.5, 0.6) is 34.5 Å². The number of fused-ring (bicyclic) bond motifs is 5. The van der Waals surface area contributed by atoms with Gasteiger partial charge >= 0.3 is 11.9 Å². The number of hydrogen-bond acceptors (Lipinski definition) is 14. The maximum atomic E-state index is 16.6. The summed E-state index contributed by atoms with van der Waals surface area (Å²) in [5.41, 5.74) is 5.96. The van der Waals surface area contributed by atoms with Crippen LogP contribution < -0.4 is 28.4 Å². The van der Waals surface area contributed by atoms with Crippen molar-refractivity contribution in [1.29, 1.82) is 0 Å². The van der Waals surface area contributed by atoms with Crippen LogP contribution in [0.4, 0.5) is 0 Å². The average Bonchev–Trinajstić information content (AvgIpc) is 0.791. The Hall–Kier alpha value is -10.2. The number of cyclic esters (lactones) is 1. The topological polar surface area (TPSA) is 156 Å². The predicted molar refractivity (Wildman–Crippen MR) is 337 cm³/mol. The molecule has 0 aromatic heterocycles. The summed E-state index contributed by atoms with van der Waals surface area (Å²) >= 11 is 0. The maximum Gasteiger partial charge on any atom is 0.339 e. The fourth-order valence-electron chi connectivity index (χ4n) is 10.7. The highest BCUT2D eigenvalue weighted by Crippen LogP contribution is 2.56. The first-order valence-electron chi connectivity index (χ1n) is 29.8.